The van der Waals surface area contributed by atoms with E-state index < -0.39 is 0 Å². The van der Waals surface area contributed by atoms with Crippen LogP contribution >= 0.6 is 11.8 Å². The van der Waals surface area contributed by atoms with Crippen molar-refractivity contribution in [3.8, 4) is 0 Å². The molecule has 0 atom stereocenters. The van der Waals surface area contributed by atoms with E-state index in [9.17, 15) is 4.39 Å². The molecule has 1 aromatic carbocycles. The van der Waals surface area contributed by atoms with E-state index in [4.69, 9.17) is 0 Å². The van der Waals surface area contributed by atoms with Crippen molar-refractivity contribution in [1.82, 2.24) is 20.4 Å². The molecule has 26 heavy (non-hydrogen) atoms. The first-order chi connectivity index (χ1) is 12.6. The van der Waals surface area contributed by atoms with E-state index in [1.807, 2.05) is 43.4 Å². The maximum absolute atomic E-state index is 13.5. The van der Waals surface area contributed by atoms with E-state index in [2.05, 4.69) is 20.7 Å². The number of thioether (sulfide) groups is 1. The molecule has 0 aliphatic rings. The number of nitrogens with one attached hydrogen (secondary N) is 2. The van der Waals surface area contributed by atoms with Gasteiger partial charge in [-0.25, -0.2) is 9.38 Å². The quantitative estimate of drug-likeness (QED) is 0.401. The van der Waals surface area contributed by atoms with Crippen LogP contribution in [0.5, 0.6) is 0 Å². The van der Waals surface area contributed by atoms with E-state index in [1.54, 1.807) is 17.8 Å². The lowest BCUT2D eigenvalue weighted by molar-refractivity contribution is 0.625. The van der Waals surface area contributed by atoms with Gasteiger partial charge in [-0.05, 0) is 54.8 Å². The van der Waals surface area contributed by atoms with Gasteiger partial charge in [0, 0.05) is 32.1 Å². The summed E-state index contributed by atoms with van der Waals surface area (Å²) in [5.74, 6) is 1.39. The van der Waals surface area contributed by atoms with Crippen LogP contribution in [-0.4, -0.2) is 35.1 Å². The number of aliphatic imine (C=N–C) groups is 1. The molecule has 0 aliphatic heterocycles. The summed E-state index contributed by atoms with van der Waals surface area (Å²) in [6.07, 6.45) is 7.95. The predicted molar refractivity (Wildman–Crippen MR) is 108 cm³/mol. The molecule has 1 aromatic heterocycles. The van der Waals surface area contributed by atoms with Crippen LogP contribution in [0.1, 0.15) is 30.0 Å². The molecule has 1 heterocycles. The molecular formula is C19H28FN5S. The summed E-state index contributed by atoms with van der Waals surface area (Å²) >= 11 is 1.69. The summed E-state index contributed by atoms with van der Waals surface area (Å²) < 4.78 is 15.3. The highest BCUT2D eigenvalue weighted by molar-refractivity contribution is 7.97. The number of guanidine groups is 1. The molecule has 7 heteroatoms. The lowest BCUT2D eigenvalue weighted by Gasteiger charge is -2.12. The van der Waals surface area contributed by atoms with Crippen LogP contribution < -0.4 is 10.6 Å². The molecule has 0 aliphatic carbocycles. The number of aryl methyl sites for hydroxylation is 2. The molecule has 142 valence electrons. The summed E-state index contributed by atoms with van der Waals surface area (Å²) in [5.41, 5.74) is 3.31. The van der Waals surface area contributed by atoms with Gasteiger partial charge in [0.2, 0.25) is 0 Å². The molecule has 0 saturated heterocycles. The van der Waals surface area contributed by atoms with Crippen molar-refractivity contribution in [3.05, 3.63) is 53.1 Å². The van der Waals surface area contributed by atoms with E-state index >= 15 is 0 Å². The van der Waals surface area contributed by atoms with Crippen LogP contribution in [0.2, 0.25) is 0 Å². The van der Waals surface area contributed by atoms with Gasteiger partial charge in [-0.1, -0.05) is 6.07 Å². The Balaban J connectivity index is 1.89. The first kappa shape index (κ1) is 20.3. The van der Waals surface area contributed by atoms with Crippen LogP contribution in [-0.2, 0) is 25.8 Å². The maximum Gasteiger partial charge on any atom is 0.191 e. The number of halogens is 1. The molecule has 2 rings (SSSR count). The van der Waals surface area contributed by atoms with Gasteiger partial charge >= 0.3 is 0 Å². The van der Waals surface area contributed by atoms with Gasteiger partial charge in [0.05, 0.1) is 12.7 Å². The zero-order valence-electron chi connectivity index (χ0n) is 15.8. The summed E-state index contributed by atoms with van der Waals surface area (Å²) in [4.78, 5) is 4.65. The molecule has 5 nitrogen and oxygen atoms in total. The third-order valence-corrected chi connectivity index (χ3v) is 4.51. The Kier molecular flexibility index (Phi) is 8.47. The summed E-state index contributed by atoms with van der Waals surface area (Å²) in [6.45, 7) is 4.22. The number of benzene rings is 1. The standard InChI is InChI=1S/C19H28FN5S/c1-4-21-19(22-9-5-6-15-11-24-25(2)13-15)23-12-16-7-8-18(20)10-17(16)14-26-3/h7-8,10-11,13H,4-6,9,12,14H2,1-3H3,(H2,21,22,23). The van der Waals surface area contributed by atoms with Crippen molar-refractivity contribution < 1.29 is 4.39 Å². The second-order valence-electron chi connectivity index (χ2n) is 6.09. The largest absolute Gasteiger partial charge is 0.357 e. The number of nitrogens with zero attached hydrogens (tertiary/aromatic N) is 3. The topological polar surface area (TPSA) is 54.2 Å². The predicted octanol–water partition coefficient (Wildman–Crippen LogP) is 3.11. The Labute approximate surface area is 159 Å². The van der Waals surface area contributed by atoms with Crippen LogP contribution in [0.15, 0.2) is 35.6 Å². The van der Waals surface area contributed by atoms with E-state index in [0.717, 1.165) is 48.8 Å². The van der Waals surface area contributed by atoms with Gasteiger partial charge in [-0.15, -0.1) is 0 Å². The zero-order valence-corrected chi connectivity index (χ0v) is 16.6. The van der Waals surface area contributed by atoms with Crippen LogP contribution in [0.25, 0.3) is 0 Å². The third-order valence-electron chi connectivity index (χ3n) is 3.91. The maximum atomic E-state index is 13.5. The van der Waals surface area contributed by atoms with Crippen LogP contribution in [0.4, 0.5) is 4.39 Å². The Hall–Kier alpha value is -2.02. The van der Waals surface area contributed by atoms with Crippen molar-refractivity contribution in [3.63, 3.8) is 0 Å². The Morgan fingerprint density at radius 3 is 2.85 bits per heavy atom. The van der Waals surface area contributed by atoms with Gasteiger partial charge in [0.15, 0.2) is 5.96 Å². The van der Waals surface area contributed by atoms with Crippen molar-refractivity contribution in [1.29, 1.82) is 0 Å². The van der Waals surface area contributed by atoms with Crippen molar-refractivity contribution >= 4 is 17.7 Å². The minimum absolute atomic E-state index is 0.192. The third kappa shape index (κ3) is 6.71. The lowest BCUT2D eigenvalue weighted by atomic mass is 10.1. The molecule has 0 fully saturated rings. The van der Waals surface area contributed by atoms with Crippen molar-refractivity contribution in [2.75, 3.05) is 19.3 Å². The first-order valence-corrected chi connectivity index (χ1v) is 10.3. The molecule has 2 aromatic rings. The van der Waals surface area contributed by atoms with E-state index in [1.165, 1.54) is 11.6 Å². The smallest absolute Gasteiger partial charge is 0.191 e. The fourth-order valence-corrected chi connectivity index (χ4v) is 3.22. The van der Waals surface area contributed by atoms with Gasteiger partial charge in [-0.2, -0.15) is 16.9 Å². The second kappa shape index (κ2) is 10.9. The molecular weight excluding hydrogens is 349 g/mol. The Morgan fingerprint density at radius 1 is 1.31 bits per heavy atom. The highest BCUT2D eigenvalue weighted by Gasteiger charge is 2.05. The van der Waals surface area contributed by atoms with E-state index in [0.29, 0.717) is 6.54 Å². The second-order valence-corrected chi connectivity index (χ2v) is 6.96. The minimum Gasteiger partial charge on any atom is -0.357 e. The monoisotopic (exact) mass is 377 g/mol. The Bertz CT molecular complexity index is 714. The van der Waals surface area contributed by atoms with Crippen molar-refractivity contribution in [2.24, 2.45) is 12.0 Å². The fraction of sp³-hybridized carbons (Fsp3) is 0.474. The van der Waals surface area contributed by atoms with Gasteiger partial charge in [0.25, 0.3) is 0 Å². The summed E-state index contributed by atoms with van der Waals surface area (Å²) in [7, 11) is 1.93. The molecule has 0 amide bonds. The molecule has 0 radical (unpaired) electrons. The molecule has 0 bridgehead atoms. The molecule has 0 unspecified atom stereocenters. The zero-order chi connectivity index (χ0) is 18.8. The van der Waals surface area contributed by atoms with Gasteiger partial charge < -0.3 is 10.6 Å². The average molecular weight is 378 g/mol. The van der Waals surface area contributed by atoms with Crippen LogP contribution in [0.3, 0.4) is 0 Å². The van der Waals surface area contributed by atoms with Gasteiger partial charge in [-0.3, -0.25) is 4.68 Å². The number of rotatable bonds is 9. The minimum atomic E-state index is -0.192. The number of hydrogen-bond acceptors (Lipinski definition) is 3. The molecule has 0 saturated carbocycles. The highest BCUT2D eigenvalue weighted by Crippen LogP contribution is 2.17. The van der Waals surface area contributed by atoms with Gasteiger partial charge in [0.1, 0.15) is 5.82 Å². The van der Waals surface area contributed by atoms with Crippen LogP contribution in [0, 0.1) is 5.82 Å². The van der Waals surface area contributed by atoms with Crippen molar-refractivity contribution in [2.45, 2.75) is 32.1 Å². The fourth-order valence-electron chi connectivity index (χ4n) is 2.64. The van der Waals surface area contributed by atoms with E-state index in [-0.39, 0.29) is 5.82 Å². The Morgan fingerprint density at radius 2 is 2.15 bits per heavy atom. The summed E-state index contributed by atoms with van der Waals surface area (Å²) in [5, 5.41) is 10.8. The molecule has 2 N–H and O–H groups in total. The highest BCUT2D eigenvalue weighted by atomic mass is 32.2. The number of hydrogen-bond donors (Lipinski definition) is 2. The first-order valence-electron chi connectivity index (χ1n) is 8.88. The summed E-state index contributed by atoms with van der Waals surface area (Å²) in [6, 6.07) is 4.94. The molecule has 0 spiro atoms. The lowest BCUT2D eigenvalue weighted by Crippen LogP contribution is -2.37. The normalized spacial score (nSPS) is 11.6. The number of aromatic nitrogens is 2. The average Bonchev–Trinajstić information content (AvgIpc) is 3.03. The SMILES string of the molecule is CCNC(=NCc1ccc(F)cc1CSC)NCCCc1cnn(C)c1.